The van der Waals surface area contributed by atoms with Gasteiger partial charge in [-0.05, 0) is 56.3 Å². The van der Waals surface area contributed by atoms with E-state index in [1.165, 1.54) is 0 Å². The van der Waals surface area contributed by atoms with Crippen LogP contribution < -0.4 is 0 Å². The van der Waals surface area contributed by atoms with Crippen LogP contribution in [-0.4, -0.2) is 60.4 Å². The molecule has 0 amide bonds. The van der Waals surface area contributed by atoms with Gasteiger partial charge in [0.1, 0.15) is 12.7 Å². The van der Waals surface area contributed by atoms with Crippen molar-refractivity contribution >= 4 is 16.1 Å². The number of aliphatic hydroxyl groups is 1. The van der Waals surface area contributed by atoms with Crippen LogP contribution in [0.15, 0.2) is 12.2 Å². The van der Waals surface area contributed by atoms with E-state index in [1.54, 1.807) is 0 Å². The van der Waals surface area contributed by atoms with Crippen LogP contribution in [0.5, 0.6) is 0 Å². The molecule has 3 aliphatic carbocycles. The van der Waals surface area contributed by atoms with E-state index in [9.17, 15) is 40.3 Å². The molecular weight excluding hydrogens is 515 g/mol. The Morgan fingerprint density at radius 1 is 0.944 bits per heavy atom. The molecule has 0 radical (unpaired) electrons. The summed E-state index contributed by atoms with van der Waals surface area (Å²) < 4.78 is 109. The molecule has 13 heteroatoms. The second-order valence-electron chi connectivity index (χ2n) is 10.5. The predicted molar refractivity (Wildman–Crippen MR) is 117 cm³/mol. The predicted octanol–water partition coefficient (Wildman–Crippen LogP) is 4.51. The molecular formula is C23H33F5O7S. The van der Waals surface area contributed by atoms with E-state index in [1.807, 2.05) is 0 Å². The number of hydrogen-bond donors (Lipinski definition) is 2. The summed E-state index contributed by atoms with van der Waals surface area (Å²) in [5.41, 5.74) is -3.26. The molecule has 0 spiro atoms. The molecule has 3 aliphatic rings. The summed E-state index contributed by atoms with van der Waals surface area (Å²) >= 11 is 0. The third-order valence-corrected chi connectivity index (χ3v) is 9.07. The normalized spacial score (nSPS) is 33.1. The van der Waals surface area contributed by atoms with Crippen LogP contribution in [0.3, 0.4) is 0 Å². The largest absolute Gasteiger partial charge is 0.458 e. The van der Waals surface area contributed by atoms with Crippen LogP contribution in [-0.2, 0) is 24.4 Å². The van der Waals surface area contributed by atoms with Crippen LogP contribution >= 0.6 is 0 Å². The number of ether oxygens (including phenoxy) is 2. The first kappa shape index (κ1) is 29.2. The Hall–Kier alpha value is -1.31. The summed E-state index contributed by atoms with van der Waals surface area (Å²) in [4.78, 5) is 12.8. The lowest BCUT2D eigenvalue weighted by molar-refractivity contribution is -0.302. The lowest BCUT2D eigenvalue weighted by atomic mass is 9.50. The van der Waals surface area contributed by atoms with Gasteiger partial charge in [0.2, 0.25) is 0 Å². The Bertz CT molecular complexity index is 910. The molecule has 208 valence electrons. The van der Waals surface area contributed by atoms with E-state index < -0.39 is 82.0 Å². The maximum Gasteiger partial charge on any atom is 0.417 e. The highest BCUT2D eigenvalue weighted by molar-refractivity contribution is 7.86. The van der Waals surface area contributed by atoms with Gasteiger partial charge in [-0.25, -0.2) is 4.79 Å². The first-order chi connectivity index (χ1) is 16.5. The number of carbonyl (C=O) groups excluding carboxylic acids is 1. The molecule has 0 heterocycles. The third-order valence-electron chi connectivity index (χ3n) is 8.19. The van der Waals surface area contributed by atoms with Crippen molar-refractivity contribution in [1.29, 1.82) is 0 Å². The molecule has 3 rings (SSSR count). The average molecular weight is 549 g/mol. The molecule has 3 fully saturated rings. The summed E-state index contributed by atoms with van der Waals surface area (Å²) in [6.45, 7) is 1.80. The molecule has 0 saturated heterocycles. The molecule has 0 bridgehead atoms. The van der Waals surface area contributed by atoms with Crippen LogP contribution in [0.2, 0.25) is 0 Å². The van der Waals surface area contributed by atoms with Crippen molar-refractivity contribution in [2.45, 2.75) is 81.4 Å². The van der Waals surface area contributed by atoms with Gasteiger partial charge >= 0.3 is 27.5 Å². The minimum atomic E-state index is -5.70. The minimum absolute atomic E-state index is 0.370. The van der Waals surface area contributed by atoms with Gasteiger partial charge in [0.25, 0.3) is 0 Å². The van der Waals surface area contributed by atoms with Crippen molar-refractivity contribution in [2.75, 3.05) is 13.2 Å². The Kier molecular flexibility index (Phi) is 8.49. The fraction of sp³-hybridized carbons (Fsp3) is 0.870. The zero-order valence-corrected chi connectivity index (χ0v) is 20.8. The van der Waals surface area contributed by atoms with Crippen molar-refractivity contribution < 1.29 is 54.3 Å². The van der Waals surface area contributed by atoms with E-state index >= 15 is 0 Å². The van der Waals surface area contributed by atoms with Gasteiger partial charge in [0, 0.05) is 5.92 Å². The number of halogens is 5. The van der Waals surface area contributed by atoms with Crippen molar-refractivity contribution in [3.63, 3.8) is 0 Å². The van der Waals surface area contributed by atoms with Gasteiger partial charge in [0.15, 0.2) is 5.60 Å². The number of esters is 1. The summed E-state index contributed by atoms with van der Waals surface area (Å²) in [5, 5.41) is 6.17. The van der Waals surface area contributed by atoms with Gasteiger partial charge in [0.05, 0.1) is 12.2 Å². The summed E-state index contributed by atoms with van der Waals surface area (Å²) in [7, 11) is -5.70. The van der Waals surface area contributed by atoms with Gasteiger partial charge in [-0.1, -0.05) is 32.3 Å². The molecule has 0 aromatic carbocycles. The Labute approximate surface area is 207 Å². The number of fused-ring (bicyclic) bond motifs is 2. The second-order valence-corrected chi connectivity index (χ2v) is 12.0. The van der Waals surface area contributed by atoms with Gasteiger partial charge in [-0.15, -0.1) is 0 Å². The molecule has 3 saturated carbocycles. The fourth-order valence-corrected chi connectivity index (χ4v) is 6.78. The third kappa shape index (κ3) is 5.73. The molecule has 0 aromatic heterocycles. The highest BCUT2D eigenvalue weighted by Gasteiger charge is 2.64. The summed E-state index contributed by atoms with van der Waals surface area (Å²) in [5.74, 6) is -3.82. The highest BCUT2D eigenvalue weighted by Crippen LogP contribution is 2.59. The Morgan fingerprint density at radius 3 is 1.81 bits per heavy atom. The van der Waals surface area contributed by atoms with Crippen molar-refractivity contribution in [3.8, 4) is 0 Å². The van der Waals surface area contributed by atoms with E-state index in [-0.39, 0.29) is 5.57 Å². The molecule has 7 nitrogen and oxygen atoms in total. The highest BCUT2D eigenvalue weighted by atomic mass is 32.2. The van der Waals surface area contributed by atoms with Crippen LogP contribution in [0.25, 0.3) is 0 Å². The van der Waals surface area contributed by atoms with E-state index in [2.05, 4.69) is 11.3 Å². The zero-order valence-electron chi connectivity index (χ0n) is 20.0. The number of hydrogen-bond acceptors (Lipinski definition) is 6. The molecule has 36 heavy (non-hydrogen) atoms. The first-order valence-corrected chi connectivity index (χ1v) is 13.5. The van der Waals surface area contributed by atoms with Gasteiger partial charge < -0.3 is 14.6 Å². The van der Waals surface area contributed by atoms with Crippen molar-refractivity contribution in [2.24, 2.45) is 29.6 Å². The van der Waals surface area contributed by atoms with Crippen LogP contribution in [0.4, 0.5) is 22.0 Å². The summed E-state index contributed by atoms with van der Waals surface area (Å²) in [6, 6.07) is 0. The Balaban J connectivity index is 1.78. The fourth-order valence-electron chi connectivity index (χ4n) is 6.55. The topological polar surface area (TPSA) is 110 Å². The molecule has 5 unspecified atom stereocenters. The quantitative estimate of drug-likeness (QED) is 0.199. The average Bonchev–Trinajstić information content (AvgIpc) is 2.76. The lowest BCUT2D eigenvalue weighted by Crippen LogP contribution is -2.62. The molecule has 5 atom stereocenters. The zero-order chi connectivity index (χ0) is 27.1. The standard InChI is InChI=1S/C23H33F5O7S/c1-13(11-34-12-22(24,25)36(31,32)33)20(29)35-19-16-9-5-3-7-14(16)18(21(2,30)23(26,27)28)15-8-4-6-10-17(15)19/h14-19,30H,1,3-12H2,2H3,(H,31,32,33). The second kappa shape index (κ2) is 10.5. The van der Waals surface area contributed by atoms with Crippen molar-refractivity contribution in [3.05, 3.63) is 12.2 Å². The maximum absolute atomic E-state index is 14.0. The van der Waals surface area contributed by atoms with Crippen LogP contribution in [0.1, 0.15) is 58.3 Å². The van der Waals surface area contributed by atoms with E-state index in [0.29, 0.717) is 38.5 Å². The lowest BCUT2D eigenvalue weighted by Gasteiger charge is -2.58. The molecule has 0 aliphatic heterocycles. The van der Waals surface area contributed by atoms with Crippen LogP contribution in [0, 0.1) is 29.6 Å². The number of carbonyl (C=O) groups is 1. The van der Waals surface area contributed by atoms with Gasteiger partial charge in [-0.2, -0.15) is 30.4 Å². The number of alkyl halides is 5. The number of rotatable bonds is 8. The minimum Gasteiger partial charge on any atom is -0.458 e. The molecule has 0 aromatic rings. The van der Waals surface area contributed by atoms with Gasteiger partial charge in [-0.3, -0.25) is 4.55 Å². The van der Waals surface area contributed by atoms with E-state index in [0.717, 1.165) is 19.8 Å². The monoisotopic (exact) mass is 548 g/mol. The summed E-state index contributed by atoms with van der Waals surface area (Å²) in [6.07, 6.45) is -0.672. The SMILES string of the molecule is C=C(COCC(F)(F)S(=O)(=O)O)C(=O)OC1C2CCCCC2C(C(C)(O)C(F)(F)F)C2CCCCC21. The van der Waals surface area contributed by atoms with Crippen molar-refractivity contribution in [1.82, 2.24) is 0 Å². The van der Waals surface area contributed by atoms with E-state index in [4.69, 9.17) is 9.29 Å². The molecule has 2 N–H and O–H groups in total. The maximum atomic E-state index is 14.0. The first-order valence-electron chi connectivity index (χ1n) is 12.1. The Morgan fingerprint density at radius 2 is 1.39 bits per heavy atom. The smallest absolute Gasteiger partial charge is 0.417 e.